The monoisotopic (exact) mass is 414 g/mol. The maximum atomic E-state index is 13.5. The molecule has 0 atom stereocenters. The fourth-order valence-electron chi connectivity index (χ4n) is 1.87. The van der Waals surface area contributed by atoms with Crippen LogP contribution >= 0.6 is 31.9 Å². The zero-order chi connectivity index (χ0) is 15.6. The summed E-state index contributed by atoms with van der Waals surface area (Å²) in [7, 11) is 3.77. The van der Waals surface area contributed by atoms with Crippen LogP contribution in [0.1, 0.15) is 10.4 Å². The number of halogens is 3. The third-order valence-electron chi connectivity index (χ3n) is 2.88. The number of amides is 1. The minimum absolute atomic E-state index is 0.156. The first-order chi connectivity index (χ1) is 9.90. The van der Waals surface area contributed by atoms with E-state index in [1.807, 2.05) is 31.1 Å². The molecule has 0 fully saturated rings. The lowest BCUT2D eigenvalue weighted by Gasteiger charge is -2.18. The maximum absolute atomic E-state index is 13.5. The van der Waals surface area contributed by atoms with Crippen LogP contribution < -0.4 is 10.2 Å². The van der Waals surface area contributed by atoms with E-state index in [1.54, 1.807) is 12.1 Å². The number of rotatable bonds is 3. The van der Waals surface area contributed by atoms with Gasteiger partial charge in [0.05, 0.1) is 21.4 Å². The van der Waals surface area contributed by atoms with Gasteiger partial charge in [0, 0.05) is 18.6 Å². The van der Waals surface area contributed by atoms with Crippen molar-refractivity contribution in [2.75, 3.05) is 24.3 Å². The van der Waals surface area contributed by atoms with Crippen LogP contribution in [0.25, 0.3) is 0 Å². The van der Waals surface area contributed by atoms with Crippen molar-refractivity contribution in [3.05, 3.63) is 56.7 Å². The number of anilines is 2. The van der Waals surface area contributed by atoms with Gasteiger partial charge in [0.25, 0.3) is 5.91 Å². The standard InChI is InChI=1S/C15H13Br2FN2O/c1-20(2)13-7-6-9(16)8-12(13)19-15(21)10-4-3-5-11(18)14(10)17/h3-8H,1-2H3,(H,19,21). The van der Waals surface area contributed by atoms with Crippen LogP contribution in [0.15, 0.2) is 45.3 Å². The van der Waals surface area contributed by atoms with Gasteiger partial charge in [-0.1, -0.05) is 22.0 Å². The number of hydrogen-bond donors (Lipinski definition) is 1. The van der Waals surface area contributed by atoms with Gasteiger partial charge >= 0.3 is 0 Å². The van der Waals surface area contributed by atoms with E-state index in [0.717, 1.165) is 10.2 Å². The molecule has 0 aliphatic carbocycles. The molecule has 0 radical (unpaired) electrons. The summed E-state index contributed by atoms with van der Waals surface area (Å²) in [6.07, 6.45) is 0. The second-order valence-corrected chi connectivity index (χ2v) is 6.32. The smallest absolute Gasteiger partial charge is 0.256 e. The van der Waals surface area contributed by atoms with Gasteiger partial charge in [-0.15, -0.1) is 0 Å². The average molecular weight is 416 g/mol. The Bertz CT molecular complexity index is 689. The molecule has 0 saturated heterocycles. The number of carbonyl (C=O) groups excluding carboxylic acids is 1. The van der Waals surface area contributed by atoms with Gasteiger partial charge < -0.3 is 10.2 Å². The molecule has 2 aromatic rings. The summed E-state index contributed by atoms with van der Waals surface area (Å²) in [4.78, 5) is 14.2. The molecule has 2 aromatic carbocycles. The Hall–Kier alpha value is -1.40. The number of hydrogen-bond acceptors (Lipinski definition) is 2. The first-order valence-electron chi connectivity index (χ1n) is 6.12. The van der Waals surface area contributed by atoms with E-state index in [1.165, 1.54) is 12.1 Å². The van der Waals surface area contributed by atoms with Crippen molar-refractivity contribution in [2.45, 2.75) is 0 Å². The van der Waals surface area contributed by atoms with E-state index >= 15 is 0 Å². The molecule has 1 amide bonds. The van der Waals surface area contributed by atoms with Crippen molar-refractivity contribution < 1.29 is 9.18 Å². The molecule has 110 valence electrons. The van der Waals surface area contributed by atoms with E-state index in [2.05, 4.69) is 37.2 Å². The first-order valence-corrected chi connectivity index (χ1v) is 7.71. The van der Waals surface area contributed by atoms with Crippen LogP contribution in [0, 0.1) is 5.82 Å². The highest BCUT2D eigenvalue weighted by Gasteiger charge is 2.15. The quantitative estimate of drug-likeness (QED) is 0.789. The predicted molar refractivity (Wildman–Crippen MR) is 90.5 cm³/mol. The second kappa shape index (κ2) is 6.58. The summed E-state index contributed by atoms with van der Waals surface area (Å²) < 4.78 is 14.5. The van der Waals surface area contributed by atoms with E-state index in [-0.39, 0.29) is 15.9 Å². The highest BCUT2D eigenvalue weighted by Crippen LogP contribution is 2.29. The van der Waals surface area contributed by atoms with E-state index in [4.69, 9.17) is 0 Å². The van der Waals surface area contributed by atoms with Crippen molar-refractivity contribution in [1.29, 1.82) is 0 Å². The van der Waals surface area contributed by atoms with Crippen molar-refractivity contribution in [2.24, 2.45) is 0 Å². The Labute approximate surface area is 139 Å². The Morgan fingerprint density at radius 2 is 1.90 bits per heavy atom. The van der Waals surface area contributed by atoms with Gasteiger partial charge in [-0.25, -0.2) is 4.39 Å². The lowest BCUT2D eigenvalue weighted by atomic mass is 10.2. The van der Waals surface area contributed by atoms with Gasteiger partial charge in [-0.05, 0) is 46.3 Å². The Morgan fingerprint density at radius 3 is 2.57 bits per heavy atom. The van der Waals surface area contributed by atoms with Crippen molar-refractivity contribution in [1.82, 2.24) is 0 Å². The summed E-state index contributed by atoms with van der Waals surface area (Å²) in [5, 5.41) is 2.81. The number of carbonyl (C=O) groups is 1. The van der Waals surface area contributed by atoms with Crippen molar-refractivity contribution in [3.8, 4) is 0 Å². The van der Waals surface area contributed by atoms with Gasteiger partial charge in [-0.2, -0.15) is 0 Å². The molecule has 0 saturated carbocycles. The van der Waals surface area contributed by atoms with Gasteiger partial charge in [0.1, 0.15) is 5.82 Å². The molecular formula is C15H13Br2FN2O. The summed E-state index contributed by atoms with van der Waals surface area (Å²) in [5.74, 6) is -0.840. The van der Waals surface area contributed by atoms with Gasteiger partial charge in [0.15, 0.2) is 0 Å². The van der Waals surface area contributed by atoms with Crippen LogP contribution in [-0.4, -0.2) is 20.0 Å². The Kier molecular flexibility index (Phi) is 5.00. The van der Waals surface area contributed by atoms with Crippen molar-refractivity contribution >= 4 is 49.1 Å². The fourth-order valence-corrected chi connectivity index (χ4v) is 2.67. The average Bonchev–Trinajstić information content (AvgIpc) is 2.41. The number of benzene rings is 2. The van der Waals surface area contributed by atoms with Crippen LogP contribution in [-0.2, 0) is 0 Å². The molecule has 6 heteroatoms. The second-order valence-electron chi connectivity index (χ2n) is 4.61. The first kappa shape index (κ1) is 16.0. The van der Waals surface area contributed by atoms with E-state index < -0.39 is 5.82 Å². The molecular weight excluding hydrogens is 403 g/mol. The van der Waals surface area contributed by atoms with Gasteiger partial charge in [0.2, 0.25) is 0 Å². The molecule has 0 aliphatic rings. The highest BCUT2D eigenvalue weighted by atomic mass is 79.9. The zero-order valence-corrected chi connectivity index (χ0v) is 14.6. The molecule has 0 bridgehead atoms. The van der Waals surface area contributed by atoms with E-state index in [0.29, 0.717) is 5.69 Å². The Balaban J connectivity index is 2.36. The van der Waals surface area contributed by atoms with Crippen LogP contribution in [0.2, 0.25) is 0 Å². The predicted octanol–water partition coefficient (Wildman–Crippen LogP) is 4.67. The number of nitrogens with zero attached hydrogens (tertiary/aromatic N) is 1. The minimum atomic E-state index is -0.468. The molecule has 21 heavy (non-hydrogen) atoms. The molecule has 0 unspecified atom stereocenters. The van der Waals surface area contributed by atoms with Crippen LogP contribution in [0.3, 0.4) is 0 Å². The molecule has 3 nitrogen and oxygen atoms in total. The maximum Gasteiger partial charge on any atom is 0.256 e. The van der Waals surface area contributed by atoms with Crippen molar-refractivity contribution in [3.63, 3.8) is 0 Å². The lowest BCUT2D eigenvalue weighted by molar-refractivity contribution is 0.102. The van der Waals surface area contributed by atoms with E-state index in [9.17, 15) is 9.18 Å². The number of nitrogens with one attached hydrogen (secondary N) is 1. The Morgan fingerprint density at radius 1 is 1.19 bits per heavy atom. The largest absolute Gasteiger partial charge is 0.376 e. The third-order valence-corrected chi connectivity index (χ3v) is 4.18. The molecule has 0 aromatic heterocycles. The SMILES string of the molecule is CN(C)c1ccc(Br)cc1NC(=O)c1cccc(F)c1Br. The summed E-state index contributed by atoms with van der Waals surface area (Å²) in [5.41, 5.74) is 1.76. The minimum Gasteiger partial charge on any atom is -0.376 e. The fraction of sp³-hybridized carbons (Fsp3) is 0.133. The van der Waals surface area contributed by atoms with Crippen LogP contribution in [0.4, 0.5) is 15.8 Å². The van der Waals surface area contributed by atoms with Crippen LogP contribution in [0.5, 0.6) is 0 Å². The summed E-state index contributed by atoms with van der Waals surface area (Å²) in [6.45, 7) is 0. The van der Waals surface area contributed by atoms with Gasteiger partial charge in [-0.3, -0.25) is 4.79 Å². The summed E-state index contributed by atoms with van der Waals surface area (Å²) >= 11 is 6.48. The topological polar surface area (TPSA) is 32.3 Å². The molecule has 0 spiro atoms. The molecule has 2 rings (SSSR count). The molecule has 1 N–H and O–H groups in total. The molecule has 0 aliphatic heterocycles. The third kappa shape index (κ3) is 3.63. The molecule has 0 heterocycles. The zero-order valence-electron chi connectivity index (χ0n) is 11.5. The normalized spacial score (nSPS) is 10.3. The lowest BCUT2D eigenvalue weighted by Crippen LogP contribution is -2.17. The highest BCUT2D eigenvalue weighted by molar-refractivity contribution is 9.10. The summed E-state index contributed by atoms with van der Waals surface area (Å²) in [6, 6.07) is 9.95.